The molecule has 1 atom stereocenters. The van der Waals surface area contributed by atoms with Crippen molar-refractivity contribution >= 4 is 17.8 Å². The van der Waals surface area contributed by atoms with E-state index < -0.39 is 17.5 Å². The van der Waals surface area contributed by atoms with Crippen LogP contribution in [0.5, 0.6) is 5.75 Å². The van der Waals surface area contributed by atoms with Crippen LogP contribution in [0.2, 0.25) is 0 Å². The van der Waals surface area contributed by atoms with Gasteiger partial charge in [0.05, 0.1) is 6.54 Å². The largest absolute Gasteiger partial charge is 0.508 e. The molecule has 7 heteroatoms. The highest BCUT2D eigenvalue weighted by Crippen LogP contribution is 2.32. The summed E-state index contributed by atoms with van der Waals surface area (Å²) in [5.41, 5.74) is 0.451. The lowest BCUT2D eigenvalue weighted by Crippen LogP contribution is -2.52. The number of nitrogens with one attached hydrogen (secondary N) is 2. The van der Waals surface area contributed by atoms with Crippen molar-refractivity contribution in [2.45, 2.75) is 12.1 Å². The molecule has 2 aliphatic rings. The van der Waals surface area contributed by atoms with Crippen molar-refractivity contribution in [1.82, 2.24) is 15.5 Å². The van der Waals surface area contributed by atoms with Gasteiger partial charge in [-0.05, 0) is 29.3 Å². The van der Waals surface area contributed by atoms with Gasteiger partial charge >= 0.3 is 6.03 Å². The van der Waals surface area contributed by atoms with E-state index >= 15 is 0 Å². The zero-order valence-corrected chi connectivity index (χ0v) is 13.2. The van der Waals surface area contributed by atoms with Crippen molar-refractivity contribution in [3.8, 4) is 5.75 Å². The highest BCUT2D eigenvalue weighted by molar-refractivity contribution is 6.08. The van der Waals surface area contributed by atoms with Crippen molar-refractivity contribution < 1.29 is 19.5 Å². The Balaban J connectivity index is 1.71. The molecule has 4 rings (SSSR count). The molecule has 0 radical (unpaired) electrons. The molecule has 0 aliphatic carbocycles. The summed E-state index contributed by atoms with van der Waals surface area (Å²) < 4.78 is 0. The first-order valence-corrected chi connectivity index (χ1v) is 7.80. The molecular formula is C18H15N3O4. The predicted molar refractivity (Wildman–Crippen MR) is 87.6 cm³/mol. The summed E-state index contributed by atoms with van der Waals surface area (Å²) >= 11 is 0. The molecular weight excluding hydrogens is 322 g/mol. The monoisotopic (exact) mass is 337 g/mol. The molecule has 1 saturated heterocycles. The van der Waals surface area contributed by atoms with E-state index in [9.17, 15) is 19.5 Å². The SMILES string of the molecule is O=C1NC(=O)C(CN2Cc3cc(O)ccc3C2=O)(c2ccccc2)N1. The number of phenols is 1. The molecule has 4 amide bonds. The van der Waals surface area contributed by atoms with Crippen LogP contribution in [0.3, 0.4) is 0 Å². The molecule has 2 aromatic rings. The Morgan fingerprint density at radius 1 is 1.08 bits per heavy atom. The van der Waals surface area contributed by atoms with Gasteiger partial charge in [-0.2, -0.15) is 0 Å². The minimum Gasteiger partial charge on any atom is -0.508 e. The summed E-state index contributed by atoms with van der Waals surface area (Å²) in [5.74, 6) is -0.646. The molecule has 0 bridgehead atoms. The normalized spacial score (nSPS) is 21.9. The average Bonchev–Trinajstić information content (AvgIpc) is 3.05. The van der Waals surface area contributed by atoms with Gasteiger partial charge in [0.2, 0.25) is 0 Å². The van der Waals surface area contributed by atoms with Crippen LogP contribution in [0.4, 0.5) is 4.79 Å². The second-order valence-corrected chi connectivity index (χ2v) is 6.18. The Morgan fingerprint density at radius 2 is 1.84 bits per heavy atom. The first-order chi connectivity index (χ1) is 12.0. The number of hydrogen-bond acceptors (Lipinski definition) is 4. The van der Waals surface area contributed by atoms with Crippen molar-refractivity contribution in [1.29, 1.82) is 0 Å². The zero-order valence-electron chi connectivity index (χ0n) is 13.2. The number of benzene rings is 2. The number of fused-ring (bicyclic) bond motifs is 1. The van der Waals surface area contributed by atoms with Crippen LogP contribution >= 0.6 is 0 Å². The molecule has 1 fully saturated rings. The van der Waals surface area contributed by atoms with Crippen LogP contribution in [-0.2, 0) is 16.9 Å². The summed E-state index contributed by atoms with van der Waals surface area (Å²) in [7, 11) is 0. The molecule has 25 heavy (non-hydrogen) atoms. The summed E-state index contributed by atoms with van der Waals surface area (Å²) in [6.07, 6.45) is 0. The third kappa shape index (κ3) is 2.32. The fourth-order valence-corrected chi connectivity index (χ4v) is 3.40. The van der Waals surface area contributed by atoms with E-state index in [0.717, 1.165) is 0 Å². The zero-order chi connectivity index (χ0) is 17.6. The maximum absolute atomic E-state index is 12.7. The minimum absolute atomic E-state index is 0.00284. The smallest absolute Gasteiger partial charge is 0.322 e. The molecule has 2 aliphatic heterocycles. The minimum atomic E-state index is -1.34. The maximum atomic E-state index is 12.7. The fraction of sp³-hybridized carbons (Fsp3) is 0.167. The van der Waals surface area contributed by atoms with Crippen LogP contribution in [0.15, 0.2) is 48.5 Å². The van der Waals surface area contributed by atoms with Crippen molar-refractivity contribution in [3.05, 3.63) is 65.2 Å². The number of carbonyl (C=O) groups is 3. The molecule has 0 spiro atoms. The van der Waals surface area contributed by atoms with Gasteiger partial charge in [0.1, 0.15) is 5.75 Å². The third-order valence-corrected chi connectivity index (χ3v) is 4.60. The quantitative estimate of drug-likeness (QED) is 0.730. The van der Waals surface area contributed by atoms with Crippen molar-refractivity contribution in [2.24, 2.45) is 0 Å². The average molecular weight is 337 g/mol. The standard InChI is InChI=1S/C18H15N3O4/c22-13-6-7-14-11(8-13)9-21(15(14)23)10-18(12-4-2-1-3-5-12)16(24)19-17(25)20-18/h1-8,22H,9-10H2,(H2,19,20,24,25). The molecule has 2 aromatic carbocycles. The predicted octanol–water partition coefficient (Wildman–Crippen LogP) is 1.08. The number of rotatable bonds is 3. The summed E-state index contributed by atoms with van der Waals surface area (Å²) in [4.78, 5) is 38.5. The third-order valence-electron chi connectivity index (χ3n) is 4.60. The van der Waals surface area contributed by atoms with Gasteiger partial charge in [0, 0.05) is 12.1 Å². The van der Waals surface area contributed by atoms with Crippen LogP contribution < -0.4 is 10.6 Å². The second-order valence-electron chi connectivity index (χ2n) is 6.18. The number of aromatic hydroxyl groups is 1. The van der Waals surface area contributed by atoms with Gasteiger partial charge in [-0.3, -0.25) is 14.9 Å². The van der Waals surface area contributed by atoms with E-state index in [4.69, 9.17) is 0 Å². The number of carbonyl (C=O) groups excluding carboxylic acids is 3. The Morgan fingerprint density at radius 3 is 2.52 bits per heavy atom. The fourth-order valence-electron chi connectivity index (χ4n) is 3.40. The lowest BCUT2D eigenvalue weighted by Gasteiger charge is -2.31. The Kier molecular flexibility index (Phi) is 3.24. The molecule has 0 aromatic heterocycles. The summed E-state index contributed by atoms with van der Waals surface area (Å²) in [6.45, 7) is 0.267. The van der Waals surface area contributed by atoms with Gasteiger partial charge in [-0.25, -0.2) is 4.79 Å². The topological polar surface area (TPSA) is 98.7 Å². The van der Waals surface area contributed by atoms with Gasteiger partial charge < -0.3 is 15.3 Å². The van der Waals surface area contributed by atoms with E-state index in [2.05, 4.69) is 10.6 Å². The van der Waals surface area contributed by atoms with E-state index in [1.165, 1.54) is 17.0 Å². The summed E-state index contributed by atoms with van der Waals surface area (Å²) in [5, 5.41) is 14.5. The van der Waals surface area contributed by atoms with Crippen molar-refractivity contribution in [3.63, 3.8) is 0 Å². The highest BCUT2D eigenvalue weighted by Gasteiger charge is 2.50. The highest BCUT2D eigenvalue weighted by atomic mass is 16.3. The van der Waals surface area contributed by atoms with E-state index in [0.29, 0.717) is 16.7 Å². The number of imide groups is 1. The number of nitrogens with zero attached hydrogens (tertiary/aromatic N) is 1. The van der Waals surface area contributed by atoms with E-state index in [-0.39, 0.29) is 24.7 Å². The van der Waals surface area contributed by atoms with E-state index in [1.54, 1.807) is 30.3 Å². The Bertz CT molecular complexity index is 896. The number of amides is 4. The van der Waals surface area contributed by atoms with Crippen LogP contribution in [0, 0.1) is 0 Å². The first kappa shape index (κ1) is 15.2. The molecule has 2 heterocycles. The Labute approximate surface area is 143 Å². The molecule has 1 unspecified atom stereocenters. The molecule has 0 saturated carbocycles. The van der Waals surface area contributed by atoms with Crippen molar-refractivity contribution in [2.75, 3.05) is 6.54 Å². The lowest BCUT2D eigenvalue weighted by molar-refractivity contribution is -0.124. The first-order valence-electron chi connectivity index (χ1n) is 7.80. The van der Waals surface area contributed by atoms with Gasteiger partial charge in [-0.15, -0.1) is 0 Å². The molecule has 7 nitrogen and oxygen atoms in total. The van der Waals surface area contributed by atoms with Gasteiger partial charge in [-0.1, -0.05) is 30.3 Å². The second kappa shape index (κ2) is 5.34. The van der Waals surface area contributed by atoms with Crippen LogP contribution in [0.25, 0.3) is 0 Å². The van der Waals surface area contributed by atoms with Gasteiger partial charge in [0.15, 0.2) is 5.54 Å². The molecule has 3 N–H and O–H groups in total. The Hall–Kier alpha value is -3.35. The number of hydrogen-bond donors (Lipinski definition) is 3. The number of urea groups is 1. The van der Waals surface area contributed by atoms with E-state index in [1.807, 2.05) is 6.07 Å². The number of phenolic OH excluding ortho intramolecular Hbond substituents is 1. The molecule has 126 valence electrons. The maximum Gasteiger partial charge on any atom is 0.322 e. The summed E-state index contributed by atoms with van der Waals surface area (Å²) in [6, 6.07) is 12.8. The van der Waals surface area contributed by atoms with Gasteiger partial charge in [0.25, 0.3) is 11.8 Å². The van der Waals surface area contributed by atoms with Crippen LogP contribution in [-0.4, -0.2) is 34.4 Å². The van der Waals surface area contributed by atoms with Crippen LogP contribution in [0.1, 0.15) is 21.5 Å². The lowest BCUT2D eigenvalue weighted by atomic mass is 9.89.